The molecule has 2 heterocycles. The van der Waals surface area contributed by atoms with Gasteiger partial charge in [-0.3, -0.25) is 0 Å². The van der Waals surface area contributed by atoms with Crippen LogP contribution in [-0.2, 0) is 6.42 Å². The number of carboxylic acid groups (broad SMARTS) is 1. The zero-order chi connectivity index (χ0) is 22.7. The fourth-order valence-electron chi connectivity index (χ4n) is 4.72. The highest BCUT2D eigenvalue weighted by Gasteiger charge is 2.37. The van der Waals surface area contributed by atoms with E-state index >= 15 is 0 Å². The maximum Gasteiger partial charge on any atom is 0.407 e. The van der Waals surface area contributed by atoms with E-state index in [-0.39, 0.29) is 31.0 Å². The fourth-order valence-corrected chi connectivity index (χ4v) is 4.72. The van der Waals surface area contributed by atoms with Crippen molar-refractivity contribution in [3.63, 3.8) is 0 Å². The number of rotatable bonds is 4. The van der Waals surface area contributed by atoms with E-state index < -0.39 is 11.5 Å². The number of carbonyl (C=O) groups excluding carboxylic acids is 1. The molecule has 0 unspecified atom stereocenters. The summed E-state index contributed by atoms with van der Waals surface area (Å²) >= 11 is 0. The molecule has 0 aliphatic carbocycles. The lowest BCUT2D eigenvalue weighted by molar-refractivity contribution is 0.0445. The van der Waals surface area contributed by atoms with E-state index in [1.165, 1.54) is 22.6 Å². The molecule has 0 radical (unpaired) electrons. The number of aliphatic hydroxyl groups excluding tert-OH is 1. The largest absolute Gasteiger partial charge is 0.465 e. The first-order chi connectivity index (χ1) is 15.4. The van der Waals surface area contributed by atoms with Crippen molar-refractivity contribution in [3.05, 3.63) is 71.0 Å². The van der Waals surface area contributed by atoms with E-state index in [0.717, 1.165) is 17.5 Å². The van der Waals surface area contributed by atoms with Gasteiger partial charge in [0.25, 0.3) is 0 Å². The first kappa shape index (κ1) is 22.1. The molecule has 0 saturated carbocycles. The second-order valence-corrected chi connectivity index (χ2v) is 8.68. The van der Waals surface area contributed by atoms with Crippen molar-refractivity contribution in [2.75, 3.05) is 32.8 Å². The maximum absolute atomic E-state index is 13.5. The second-order valence-electron chi connectivity index (χ2n) is 8.68. The molecule has 0 bridgehead atoms. The van der Waals surface area contributed by atoms with Crippen molar-refractivity contribution < 1.29 is 24.2 Å². The molecule has 1 fully saturated rings. The third kappa shape index (κ3) is 4.41. The van der Waals surface area contributed by atoms with Crippen LogP contribution >= 0.6 is 0 Å². The number of piperidine rings is 1. The van der Waals surface area contributed by atoms with Crippen molar-refractivity contribution in [3.8, 4) is 0 Å². The number of hydrogen-bond donors (Lipinski definition) is 3. The number of amides is 3. The number of hydrogen-bond acceptors (Lipinski definition) is 3. The molecule has 3 N–H and O–H groups in total. The third-order valence-corrected chi connectivity index (χ3v) is 6.77. The normalized spacial score (nSPS) is 19.9. The van der Waals surface area contributed by atoms with Crippen LogP contribution in [0.4, 0.5) is 14.0 Å². The van der Waals surface area contributed by atoms with Gasteiger partial charge in [-0.2, -0.15) is 0 Å². The molecular weight excluding hydrogens is 413 g/mol. The van der Waals surface area contributed by atoms with Gasteiger partial charge in [0.05, 0.1) is 12.6 Å². The van der Waals surface area contributed by atoms with Gasteiger partial charge < -0.3 is 25.3 Å². The quantitative estimate of drug-likeness (QED) is 0.679. The second kappa shape index (κ2) is 9.16. The number of fused-ring (bicyclic) bond motifs is 1. The summed E-state index contributed by atoms with van der Waals surface area (Å²) in [6, 6.07) is 13.6. The van der Waals surface area contributed by atoms with Gasteiger partial charge in [-0.05, 0) is 48.1 Å². The smallest absolute Gasteiger partial charge is 0.407 e. The van der Waals surface area contributed by atoms with Crippen LogP contribution in [0.2, 0.25) is 0 Å². The van der Waals surface area contributed by atoms with E-state index in [9.17, 15) is 19.1 Å². The van der Waals surface area contributed by atoms with E-state index in [4.69, 9.17) is 5.11 Å². The highest BCUT2D eigenvalue weighted by molar-refractivity contribution is 5.76. The number of nitrogens with one attached hydrogen (secondary N) is 1. The summed E-state index contributed by atoms with van der Waals surface area (Å²) in [6.07, 6.45) is 0.732. The maximum atomic E-state index is 13.5. The molecule has 1 saturated heterocycles. The Kier molecular flexibility index (Phi) is 6.32. The summed E-state index contributed by atoms with van der Waals surface area (Å²) in [7, 11) is 0. The minimum absolute atomic E-state index is 0.120. The van der Waals surface area contributed by atoms with E-state index in [0.29, 0.717) is 32.5 Å². The topological polar surface area (TPSA) is 93.1 Å². The number of halogens is 1. The van der Waals surface area contributed by atoms with Crippen LogP contribution in [-0.4, -0.2) is 64.9 Å². The minimum atomic E-state index is -0.963. The first-order valence-electron chi connectivity index (χ1n) is 10.9. The molecular formula is C24H28FN3O4. The minimum Gasteiger partial charge on any atom is -0.465 e. The van der Waals surface area contributed by atoms with E-state index in [1.807, 2.05) is 18.2 Å². The van der Waals surface area contributed by atoms with Gasteiger partial charge in [-0.25, -0.2) is 14.0 Å². The molecule has 2 aliphatic rings. The third-order valence-electron chi connectivity index (χ3n) is 6.77. The van der Waals surface area contributed by atoms with Gasteiger partial charge in [0.2, 0.25) is 0 Å². The Balaban J connectivity index is 1.52. The molecule has 4 rings (SSSR count). The Bertz CT molecular complexity index is 973. The van der Waals surface area contributed by atoms with Gasteiger partial charge in [0.1, 0.15) is 5.82 Å². The molecule has 170 valence electrons. The number of benzene rings is 2. The summed E-state index contributed by atoms with van der Waals surface area (Å²) in [5, 5.41) is 22.2. The van der Waals surface area contributed by atoms with E-state index in [1.54, 1.807) is 17.0 Å². The number of aliphatic hydroxyl groups is 1. The molecule has 2 aromatic rings. The molecule has 0 aromatic heterocycles. The van der Waals surface area contributed by atoms with Crippen LogP contribution in [0.1, 0.15) is 35.6 Å². The number of urea groups is 1. The molecule has 0 spiro atoms. The SMILES string of the molecule is O=C(O)N1CCC(CO)(CNC(=O)N2CCc3ccccc3[C@@H]2c2ccc(F)cc2)CC1. The van der Waals surface area contributed by atoms with Crippen molar-refractivity contribution >= 4 is 12.1 Å². The molecule has 2 aromatic carbocycles. The van der Waals surface area contributed by atoms with Gasteiger partial charge >= 0.3 is 12.1 Å². The summed E-state index contributed by atoms with van der Waals surface area (Å²) in [6.45, 7) is 1.33. The van der Waals surface area contributed by atoms with Crippen LogP contribution in [0, 0.1) is 11.2 Å². The van der Waals surface area contributed by atoms with Crippen LogP contribution in [0.3, 0.4) is 0 Å². The lowest BCUT2D eigenvalue weighted by Gasteiger charge is -2.41. The highest BCUT2D eigenvalue weighted by atomic mass is 19.1. The molecule has 7 nitrogen and oxygen atoms in total. The van der Waals surface area contributed by atoms with Gasteiger partial charge in [-0.1, -0.05) is 36.4 Å². The number of nitrogens with zero attached hydrogens (tertiary/aromatic N) is 2. The van der Waals surface area contributed by atoms with Crippen LogP contribution in [0.5, 0.6) is 0 Å². The zero-order valence-electron chi connectivity index (χ0n) is 17.8. The summed E-state index contributed by atoms with van der Waals surface area (Å²) in [4.78, 5) is 27.6. The van der Waals surface area contributed by atoms with Crippen LogP contribution in [0.25, 0.3) is 0 Å². The highest BCUT2D eigenvalue weighted by Crippen LogP contribution is 2.36. The average molecular weight is 442 g/mol. The Hall–Kier alpha value is -3.13. The fraction of sp³-hybridized carbons (Fsp3) is 0.417. The first-order valence-corrected chi connectivity index (χ1v) is 10.9. The Morgan fingerprint density at radius 2 is 1.75 bits per heavy atom. The summed E-state index contributed by atoms with van der Waals surface area (Å²) in [5.74, 6) is -0.327. The molecule has 8 heteroatoms. The Morgan fingerprint density at radius 1 is 1.06 bits per heavy atom. The molecule has 2 aliphatic heterocycles. The molecule has 3 amide bonds. The zero-order valence-corrected chi connectivity index (χ0v) is 17.8. The van der Waals surface area contributed by atoms with Crippen molar-refractivity contribution in [1.29, 1.82) is 0 Å². The molecule has 32 heavy (non-hydrogen) atoms. The predicted octanol–water partition coefficient (Wildman–Crippen LogP) is 3.24. The van der Waals surface area contributed by atoms with Gasteiger partial charge in [0, 0.05) is 31.6 Å². The van der Waals surface area contributed by atoms with Crippen LogP contribution in [0.15, 0.2) is 48.5 Å². The average Bonchev–Trinajstić information content (AvgIpc) is 2.82. The standard InChI is InChI=1S/C24H28FN3O4/c25-19-7-5-18(6-8-19)21-20-4-2-1-3-17(20)9-12-28(21)22(30)26-15-24(16-29)10-13-27(14-11-24)23(31)32/h1-8,21,29H,9-16H2,(H,26,30)(H,31,32)/t21-/m0/s1. The number of likely N-dealkylation sites (tertiary alicyclic amines) is 1. The van der Waals surface area contributed by atoms with Crippen molar-refractivity contribution in [2.45, 2.75) is 25.3 Å². The Labute approximate surface area is 186 Å². The summed E-state index contributed by atoms with van der Waals surface area (Å²) < 4.78 is 13.5. The molecule has 1 atom stereocenters. The lowest BCUT2D eigenvalue weighted by Crippen LogP contribution is -2.52. The van der Waals surface area contributed by atoms with Gasteiger partial charge in [0.15, 0.2) is 0 Å². The van der Waals surface area contributed by atoms with Crippen molar-refractivity contribution in [2.24, 2.45) is 5.41 Å². The summed E-state index contributed by atoms with van der Waals surface area (Å²) in [5.41, 5.74) is 2.48. The van der Waals surface area contributed by atoms with Crippen LogP contribution < -0.4 is 5.32 Å². The van der Waals surface area contributed by atoms with E-state index in [2.05, 4.69) is 11.4 Å². The number of carbonyl (C=O) groups is 2. The Morgan fingerprint density at radius 3 is 2.41 bits per heavy atom. The monoisotopic (exact) mass is 441 g/mol. The predicted molar refractivity (Wildman–Crippen MR) is 117 cm³/mol. The van der Waals surface area contributed by atoms with Crippen molar-refractivity contribution in [1.82, 2.24) is 15.1 Å². The lowest BCUT2D eigenvalue weighted by atomic mass is 9.79. The van der Waals surface area contributed by atoms with Gasteiger partial charge in [-0.15, -0.1) is 0 Å².